The number of rotatable bonds is 5. The lowest BCUT2D eigenvalue weighted by Gasteiger charge is -2.18. The molecular weight excluding hydrogens is 373 g/mol. The van der Waals surface area contributed by atoms with Crippen molar-refractivity contribution in [1.82, 2.24) is 24.8 Å². The fraction of sp³-hybridized carbons (Fsp3) is 0.235. The second-order valence-corrected chi connectivity index (χ2v) is 6.41. The molecule has 1 aromatic carbocycles. The van der Waals surface area contributed by atoms with Gasteiger partial charge in [-0.15, -0.1) is 0 Å². The van der Waals surface area contributed by atoms with Crippen LogP contribution >= 0.6 is 11.6 Å². The number of carbonyl (C=O) groups excluding carboxylic acids is 1. The Morgan fingerprint density at radius 2 is 2.04 bits per heavy atom. The Kier molecular flexibility index (Phi) is 5.31. The van der Waals surface area contributed by atoms with E-state index in [-0.39, 0.29) is 16.9 Å². The molecule has 0 saturated heterocycles. The molecule has 0 radical (unpaired) electrons. The van der Waals surface area contributed by atoms with Gasteiger partial charge in [0.05, 0.1) is 11.2 Å². The number of nitrogens with zero attached hydrogens (tertiary/aromatic N) is 5. The molecule has 0 fully saturated rings. The van der Waals surface area contributed by atoms with E-state index in [4.69, 9.17) is 11.6 Å². The zero-order valence-corrected chi connectivity index (χ0v) is 15.6. The Morgan fingerprint density at radius 1 is 1.26 bits per heavy atom. The lowest BCUT2D eigenvalue weighted by molar-refractivity contribution is -0.129. The highest BCUT2D eigenvalue weighted by Crippen LogP contribution is 2.25. The number of carbonyl (C=O) groups is 1. The van der Waals surface area contributed by atoms with Crippen molar-refractivity contribution in [3.05, 3.63) is 41.6 Å². The van der Waals surface area contributed by atoms with Crippen LogP contribution in [0, 0.1) is 5.82 Å². The average molecular weight is 390 g/mol. The number of amides is 1. The molecule has 140 valence electrons. The van der Waals surface area contributed by atoms with E-state index >= 15 is 0 Å². The van der Waals surface area contributed by atoms with Crippen molar-refractivity contribution >= 4 is 46.0 Å². The zero-order valence-electron chi connectivity index (χ0n) is 14.9. The molecule has 0 aliphatic carbocycles. The van der Waals surface area contributed by atoms with E-state index in [1.165, 1.54) is 35.6 Å². The molecule has 2 aromatic heterocycles. The third-order valence-corrected chi connectivity index (χ3v) is 4.01. The lowest BCUT2D eigenvalue weighted by atomic mass is 10.3. The maximum absolute atomic E-state index is 13.3. The van der Waals surface area contributed by atoms with Crippen LogP contribution in [0.15, 0.2) is 30.7 Å². The summed E-state index contributed by atoms with van der Waals surface area (Å²) in [5.41, 5.74) is 1.50. The average Bonchev–Trinajstić information content (AvgIpc) is 2.64. The van der Waals surface area contributed by atoms with Crippen LogP contribution in [-0.2, 0) is 4.79 Å². The first-order chi connectivity index (χ1) is 12.8. The van der Waals surface area contributed by atoms with E-state index in [1.807, 2.05) is 0 Å². The lowest BCUT2D eigenvalue weighted by Crippen LogP contribution is -2.37. The summed E-state index contributed by atoms with van der Waals surface area (Å²) in [7, 11) is 3.34. The van der Waals surface area contributed by atoms with Gasteiger partial charge >= 0.3 is 0 Å². The second kappa shape index (κ2) is 7.67. The maximum Gasteiger partial charge on any atom is 0.244 e. The van der Waals surface area contributed by atoms with Crippen molar-refractivity contribution in [3.8, 4) is 0 Å². The van der Waals surface area contributed by atoms with Crippen molar-refractivity contribution < 1.29 is 9.18 Å². The molecule has 0 saturated carbocycles. The topological polar surface area (TPSA) is 95.9 Å². The van der Waals surface area contributed by atoms with Crippen LogP contribution in [0.25, 0.3) is 11.0 Å². The van der Waals surface area contributed by atoms with Gasteiger partial charge in [-0.25, -0.2) is 24.3 Å². The van der Waals surface area contributed by atoms with Crippen molar-refractivity contribution in [3.63, 3.8) is 0 Å². The van der Waals surface area contributed by atoms with E-state index < -0.39 is 11.9 Å². The van der Waals surface area contributed by atoms with Gasteiger partial charge in [0.25, 0.3) is 0 Å². The first-order valence-corrected chi connectivity index (χ1v) is 8.40. The number of hydrogen-bond acceptors (Lipinski definition) is 7. The first kappa shape index (κ1) is 18.7. The standard InChI is InChI=1S/C17H17ClFN7O/c1-9(16(27)26(2)3)23-17-20-7-13-14(25-17)15(22-8-21-13)24-10-4-5-12(19)11(18)6-10/h4-9H,1-3H3,(H,20,23,25)(H,21,22,24). The SMILES string of the molecule is CC(Nc1ncc2ncnc(Nc3ccc(F)c(Cl)c3)c2n1)C(=O)N(C)C. The number of aromatic nitrogens is 4. The molecule has 0 spiro atoms. The van der Waals surface area contributed by atoms with Gasteiger partial charge in [0.2, 0.25) is 11.9 Å². The van der Waals surface area contributed by atoms with Gasteiger partial charge < -0.3 is 15.5 Å². The number of likely N-dealkylation sites (N-methyl/N-ethyl adjacent to an activating group) is 1. The van der Waals surface area contributed by atoms with Gasteiger partial charge in [-0.2, -0.15) is 0 Å². The molecule has 27 heavy (non-hydrogen) atoms. The van der Waals surface area contributed by atoms with Crippen LogP contribution in [0.3, 0.4) is 0 Å². The summed E-state index contributed by atoms with van der Waals surface area (Å²) in [6.45, 7) is 1.72. The molecule has 0 bridgehead atoms. The zero-order chi connectivity index (χ0) is 19.6. The van der Waals surface area contributed by atoms with Gasteiger partial charge in [0, 0.05) is 19.8 Å². The van der Waals surface area contributed by atoms with Gasteiger partial charge in [-0.1, -0.05) is 11.6 Å². The summed E-state index contributed by atoms with van der Waals surface area (Å²) in [6.07, 6.45) is 2.90. The molecule has 1 unspecified atom stereocenters. The monoisotopic (exact) mass is 389 g/mol. The third-order valence-electron chi connectivity index (χ3n) is 3.72. The fourth-order valence-corrected chi connectivity index (χ4v) is 2.55. The molecule has 10 heteroatoms. The van der Waals surface area contributed by atoms with Crippen LogP contribution in [0.2, 0.25) is 5.02 Å². The molecule has 0 aliphatic rings. The van der Waals surface area contributed by atoms with E-state index in [9.17, 15) is 9.18 Å². The van der Waals surface area contributed by atoms with Crippen molar-refractivity contribution in [2.45, 2.75) is 13.0 Å². The van der Waals surface area contributed by atoms with Gasteiger partial charge in [-0.05, 0) is 25.1 Å². The summed E-state index contributed by atoms with van der Waals surface area (Å²) in [5, 5.41) is 5.99. The highest BCUT2D eigenvalue weighted by atomic mass is 35.5. The maximum atomic E-state index is 13.3. The molecule has 2 N–H and O–H groups in total. The van der Waals surface area contributed by atoms with Gasteiger partial charge in [0.15, 0.2) is 5.82 Å². The fourth-order valence-electron chi connectivity index (χ4n) is 2.37. The van der Waals surface area contributed by atoms with E-state index in [0.29, 0.717) is 22.5 Å². The quantitative estimate of drug-likeness (QED) is 0.692. The molecule has 3 aromatic rings. The minimum atomic E-state index is -0.511. The van der Waals surface area contributed by atoms with E-state index in [2.05, 4.69) is 30.6 Å². The van der Waals surface area contributed by atoms with E-state index in [1.54, 1.807) is 21.0 Å². The Hall–Kier alpha value is -3.07. The summed E-state index contributed by atoms with van der Waals surface area (Å²) in [6, 6.07) is 3.73. The first-order valence-electron chi connectivity index (χ1n) is 8.02. The molecule has 1 amide bonds. The van der Waals surface area contributed by atoms with Crippen LogP contribution < -0.4 is 10.6 Å². The highest BCUT2D eigenvalue weighted by molar-refractivity contribution is 6.31. The van der Waals surface area contributed by atoms with Gasteiger partial charge in [0.1, 0.15) is 29.2 Å². The minimum absolute atomic E-state index is 0.00799. The summed E-state index contributed by atoms with van der Waals surface area (Å²) < 4.78 is 13.3. The summed E-state index contributed by atoms with van der Waals surface area (Å²) >= 11 is 5.82. The highest BCUT2D eigenvalue weighted by Gasteiger charge is 2.16. The Bertz CT molecular complexity index is 998. The summed E-state index contributed by atoms with van der Waals surface area (Å²) in [5.74, 6) is 0.0466. The number of hydrogen-bond donors (Lipinski definition) is 2. The van der Waals surface area contributed by atoms with Crippen LogP contribution in [0.1, 0.15) is 6.92 Å². The largest absolute Gasteiger partial charge is 0.347 e. The van der Waals surface area contributed by atoms with Crippen LogP contribution in [0.5, 0.6) is 0 Å². The van der Waals surface area contributed by atoms with Crippen molar-refractivity contribution in [2.24, 2.45) is 0 Å². The molecule has 8 nitrogen and oxygen atoms in total. The Balaban J connectivity index is 1.92. The predicted molar refractivity (Wildman–Crippen MR) is 102 cm³/mol. The third kappa shape index (κ3) is 4.20. The molecular formula is C17H17ClFN7O. The smallest absolute Gasteiger partial charge is 0.244 e. The van der Waals surface area contributed by atoms with Crippen LogP contribution in [0.4, 0.5) is 21.8 Å². The number of nitrogens with one attached hydrogen (secondary N) is 2. The normalized spacial score (nSPS) is 11.9. The van der Waals surface area contributed by atoms with Crippen molar-refractivity contribution in [2.75, 3.05) is 24.7 Å². The number of benzene rings is 1. The Morgan fingerprint density at radius 3 is 2.74 bits per heavy atom. The molecule has 3 rings (SSSR count). The minimum Gasteiger partial charge on any atom is -0.347 e. The number of anilines is 3. The van der Waals surface area contributed by atoms with Crippen molar-refractivity contribution in [1.29, 1.82) is 0 Å². The second-order valence-electron chi connectivity index (χ2n) is 6.00. The molecule has 0 aliphatic heterocycles. The van der Waals surface area contributed by atoms with Crippen LogP contribution in [-0.4, -0.2) is 50.9 Å². The number of fused-ring (bicyclic) bond motifs is 1. The predicted octanol–water partition coefficient (Wildman–Crippen LogP) is 2.84. The Labute approximate surface area is 159 Å². The summed E-state index contributed by atoms with van der Waals surface area (Å²) in [4.78, 5) is 30.4. The molecule has 2 heterocycles. The van der Waals surface area contributed by atoms with Gasteiger partial charge in [-0.3, -0.25) is 4.79 Å². The van der Waals surface area contributed by atoms with E-state index in [0.717, 1.165) is 0 Å². The molecule has 1 atom stereocenters. The number of halogens is 2.